The van der Waals surface area contributed by atoms with E-state index < -0.39 is 0 Å². The van der Waals surface area contributed by atoms with Gasteiger partial charge < -0.3 is 5.32 Å². The minimum Gasteiger partial charge on any atom is -0.309 e. The number of hydrogen-bond acceptors (Lipinski definition) is 3. The first-order valence-corrected chi connectivity index (χ1v) is 8.39. The summed E-state index contributed by atoms with van der Waals surface area (Å²) in [5.74, 6) is 1.60. The first-order valence-electron chi connectivity index (χ1n) is 7.19. The fourth-order valence-electron chi connectivity index (χ4n) is 1.99. The van der Waals surface area contributed by atoms with E-state index in [2.05, 4.69) is 26.9 Å². The zero-order valence-corrected chi connectivity index (χ0v) is 13.4. The van der Waals surface area contributed by atoms with Gasteiger partial charge in [0.25, 0.3) is 0 Å². The van der Waals surface area contributed by atoms with Gasteiger partial charge in [0.15, 0.2) is 0 Å². The monoisotopic (exact) mass is 312 g/mol. The number of nitrogens with one attached hydrogen (secondary N) is 2. The highest BCUT2D eigenvalue weighted by Crippen LogP contribution is 2.28. The Kier molecular flexibility index (Phi) is 6.47. The Bertz CT molecular complexity index is 464. The molecule has 0 radical (unpaired) electrons. The maximum absolute atomic E-state index is 5.91. The predicted octanol–water partition coefficient (Wildman–Crippen LogP) is 4.47. The Balaban J connectivity index is 1.72. The Morgan fingerprint density at radius 2 is 2.05 bits per heavy atom. The Labute approximate surface area is 129 Å². The number of hydrogen-bond donors (Lipinski definition) is 2. The number of nitrogens with zero attached hydrogens (tertiary/aromatic N) is 2. The molecular weight excluding hydrogens is 292 g/mol. The molecule has 110 valence electrons. The molecule has 4 nitrogen and oxygen atoms in total. The molecule has 1 aliphatic heterocycles. The summed E-state index contributed by atoms with van der Waals surface area (Å²) in [7, 11) is 0. The lowest BCUT2D eigenvalue weighted by Crippen LogP contribution is -2.30. The summed E-state index contributed by atoms with van der Waals surface area (Å²) in [6, 6.07) is 1.89. The molecule has 1 aromatic rings. The number of unbranched alkanes of at least 4 members (excludes halogenated alkanes) is 5. The van der Waals surface area contributed by atoms with Crippen molar-refractivity contribution in [1.82, 2.24) is 9.71 Å². The molecule has 6 heteroatoms. The summed E-state index contributed by atoms with van der Waals surface area (Å²) < 4.78 is 3.17. The highest BCUT2D eigenvalue weighted by Gasteiger charge is 2.14. The highest BCUT2D eigenvalue weighted by molar-refractivity contribution is 7.98. The van der Waals surface area contributed by atoms with E-state index >= 15 is 0 Å². The van der Waals surface area contributed by atoms with Crippen LogP contribution in [0.3, 0.4) is 0 Å². The zero-order valence-electron chi connectivity index (χ0n) is 11.8. The van der Waals surface area contributed by atoms with Crippen molar-refractivity contribution in [2.75, 3.05) is 11.9 Å². The third kappa shape index (κ3) is 4.87. The second-order valence-electron chi connectivity index (χ2n) is 4.83. The van der Waals surface area contributed by atoms with Gasteiger partial charge in [-0.1, -0.05) is 50.6 Å². The van der Waals surface area contributed by atoms with Crippen LogP contribution in [-0.2, 0) is 0 Å². The van der Waals surface area contributed by atoms with Crippen LogP contribution in [0.5, 0.6) is 0 Å². The first kappa shape index (κ1) is 15.4. The Morgan fingerprint density at radius 3 is 2.90 bits per heavy atom. The van der Waals surface area contributed by atoms with Crippen LogP contribution >= 0.6 is 23.5 Å². The van der Waals surface area contributed by atoms with Crippen molar-refractivity contribution >= 4 is 35.3 Å². The Hall–Kier alpha value is -0.940. The molecule has 2 heterocycles. The van der Waals surface area contributed by atoms with Crippen LogP contribution in [0, 0.1) is 0 Å². The molecule has 2 rings (SSSR count). The van der Waals surface area contributed by atoms with Crippen LogP contribution in [0.1, 0.15) is 45.4 Å². The number of pyridine rings is 1. The van der Waals surface area contributed by atoms with Crippen molar-refractivity contribution in [2.45, 2.75) is 50.3 Å². The molecule has 1 aromatic heterocycles. The molecule has 0 saturated carbocycles. The summed E-state index contributed by atoms with van der Waals surface area (Å²) in [6.07, 6.45) is 9.35. The molecule has 0 bridgehead atoms. The molecule has 2 N–H and O–H groups in total. The summed E-state index contributed by atoms with van der Waals surface area (Å²) in [5, 5.41) is 3.83. The quantitative estimate of drug-likeness (QED) is 0.576. The van der Waals surface area contributed by atoms with Gasteiger partial charge in [0.05, 0.1) is 9.92 Å². The third-order valence-corrected chi connectivity index (χ3v) is 4.13. The largest absolute Gasteiger partial charge is 0.309 e. The maximum atomic E-state index is 5.91. The fourth-order valence-corrected chi connectivity index (χ4v) is 2.92. The molecule has 0 aromatic carbocycles. The SMILES string of the molecule is CCCCCCCCN=C1NSc2cc(Cl)cnc2N1. The summed E-state index contributed by atoms with van der Waals surface area (Å²) >= 11 is 7.40. The molecule has 0 fully saturated rings. The number of guanidine groups is 1. The standard InChI is InChI=1S/C14H21ClN4S/c1-2-3-4-5-6-7-8-16-14-18-13-12(20-19-14)9-11(15)10-17-13/h9-10H,2-8H2,1H3,(H2,16,17,18,19). The second kappa shape index (κ2) is 8.37. The summed E-state index contributed by atoms with van der Waals surface area (Å²) in [5.41, 5.74) is 0. The molecule has 0 atom stereocenters. The number of aromatic nitrogens is 1. The van der Waals surface area contributed by atoms with Crippen LogP contribution in [-0.4, -0.2) is 17.5 Å². The van der Waals surface area contributed by atoms with Crippen LogP contribution in [0.2, 0.25) is 5.02 Å². The molecule has 0 amide bonds. The van der Waals surface area contributed by atoms with Crippen molar-refractivity contribution in [2.24, 2.45) is 4.99 Å². The second-order valence-corrected chi connectivity index (χ2v) is 6.11. The topological polar surface area (TPSA) is 49.3 Å². The van der Waals surface area contributed by atoms with Crippen LogP contribution in [0.4, 0.5) is 5.82 Å². The van der Waals surface area contributed by atoms with E-state index in [-0.39, 0.29) is 0 Å². The van der Waals surface area contributed by atoms with Crippen LogP contribution < -0.4 is 10.0 Å². The Morgan fingerprint density at radius 1 is 1.25 bits per heavy atom. The van der Waals surface area contributed by atoms with Gasteiger partial charge in [0, 0.05) is 12.7 Å². The minimum absolute atomic E-state index is 0.646. The third-order valence-electron chi connectivity index (χ3n) is 3.10. The van der Waals surface area contributed by atoms with Crippen LogP contribution in [0.25, 0.3) is 0 Å². The average Bonchev–Trinajstić information content (AvgIpc) is 2.46. The van der Waals surface area contributed by atoms with E-state index in [4.69, 9.17) is 11.6 Å². The minimum atomic E-state index is 0.646. The van der Waals surface area contributed by atoms with Gasteiger partial charge in [-0.05, 0) is 24.4 Å². The van der Waals surface area contributed by atoms with Gasteiger partial charge in [-0.3, -0.25) is 9.71 Å². The van der Waals surface area contributed by atoms with Crippen molar-refractivity contribution in [3.05, 3.63) is 17.3 Å². The average molecular weight is 313 g/mol. The van der Waals surface area contributed by atoms with Gasteiger partial charge in [-0.15, -0.1) is 0 Å². The van der Waals surface area contributed by atoms with Gasteiger partial charge in [-0.2, -0.15) is 0 Å². The van der Waals surface area contributed by atoms with Gasteiger partial charge in [0.2, 0.25) is 5.96 Å². The van der Waals surface area contributed by atoms with E-state index in [1.54, 1.807) is 6.20 Å². The highest BCUT2D eigenvalue weighted by atomic mass is 35.5. The number of fused-ring (bicyclic) bond motifs is 1. The molecule has 0 unspecified atom stereocenters. The molecular formula is C14H21ClN4S. The lowest BCUT2D eigenvalue weighted by molar-refractivity contribution is 0.612. The van der Waals surface area contributed by atoms with Gasteiger partial charge in [-0.25, -0.2) is 4.98 Å². The molecule has 20 heavy (non-hydrogen) atoms. The summed E-state index contributed by atoms with van der Waals surface area (Å²) in [4.78, 5) is 9.78. The van der Waals surface area contributed by atoms with E-state index in [9.17, 15) is 0 Å². The predicted molar refractivity (Wildman–Crippen MR) is 87.5 cm³/mol. The molecule has 1 aliphatic rings. The van der Waals surface area contributed by atoms with Gasteiger partial charge in [0.1, 0.15) is 5.82 Å². The maximum Gasteiger partial charge on any atom is 0.207 e. The van der Waals surface area contributed by atoms with Crippen molar-refractivity contribution in [3.63, 3.8) is 0 Å². The van der Waals surface area contributed by atoms with E-state index in [0.29, 0.717) is 5.02 Å². The van der Waals surface area contributed by atoms with Crippen molar-refractivity contribution < 1.29 is 0 Å². The zero-order chi connectivity index (χ0) is 14.2. The van der Waals surface area contributed by atoms with Gasteiger partial charge >= 0.3 is 0 Å². The lowest BCUT2D eigenvalue weighted by Gasteiger charge is -2.19. The fraction of sp³-hybridized carbons (Fsp3) is 0.571. The first-order chi connectivity index (χ1) is 9.79. The van der Waals surface area contributed by atoms with Crippen LogP contribution in [0.15, 0.2) is 22.2 Å². The molecule has 0 spiro atoms. The number of rotatable bonds is 7. The molecule has 0 aliphatic carbocycles. The number of anilines is 1. The van der Waals surface area contributed by atoms with Crippen molar-refractivity contribution in [1.29, 1.82) is 0 Å². The summed E-state index contributed by atoms with van der Waals surface area (Å²) in [6.45, 7) is 3.09. The number of halogens is 1. The van der Waals surface area contributed by atoms with E-state index in [0.717, 1.165) is 29.6 Å². The lowest BCUT2D eigenvalue weighted by atomic mass is 10.1. The molecule has 0 saturated heterocycles. The normalized spacial score (nSPS) is 15.6. The van der Waals surface area contributed by atoms with E-state index in [1.165, 1.54) is 44.1 Å². The van der Waals surface area contributed by atoms with Crippen molar-refractivity contribution in [3.8, 4) is 0 Å². The number of aliphatic imine (C=N–C) groups is 1. The smallest absolute Gasteiger partial charge is 0.207 e. The van der Waals surface area contributed by atoms with E-state index in [1.807, 2.05) is 6.07 Å².